The van der Waals surface area contributed by atoms with Crippen molar-refractivity contribution in [3.8, 4) is 5.75 Å². The molecule has 0 radical (unpaired) electrons. The van der Waals surface area contributed by atoms with E-state index in [9.17, 15) is 5.11 Å². The molecule has 2 aromatic carbocycles. The molecule has 0 aliphatic rings. The molecule has 0 spiro atoms. The third kappa shape index (κ3) is 5.45. The Morgan fingerprint density at radius 1 is 1.12 bits per heavy atom. The number of anilines is 2. The predicted molar refractivity (Wildman–Crippen MR) is 103 cm³/mol. The van der Waals surface area contributed by atoms with Crippen LogP contribution in [0.3, 0.4) is 0 Å². The fraction of sp³-hybridized carbons (Fsp3) is 0.222. The number of aryl methyl sites for hydroxylation is 1. The van der Waals surface area contributed by atoms with Gasteiger partial charge in [-0.3, -0.25) is 0 Å². The lowest BCUT2D eigenvalue weighted by molar-refractivity contribution is 0.126. The molecule has 0 aliphatic heterocycles. The number of thioether (sulfide) groups is 1. The van der Waals surface area contributed by atoms with Crippen LogP contribution in [0.4, 0.5) is 10.8 Å². The van der Waals surface area contributed by atoms with Crippen molar-refractivity contribution in [2.45, 2.75) is 17.4 Å². The van der Waals surface area contributed by atoms with E-state index in [1.165, 1.54) is 23.1 Å². The number of rotatable bonds is 8. The Kier molecular flexibility index (Phi) is 6.27. The fourth-order valence-corrected chi connectivity index (χ4v) is 3.79. The molecular formula is C18H19N3O2S2. The Morgan fingerprint density at radius 2 is 1.88 bits per heavy atom. The van der Waals surface area contributed by atoms with Crippen LogP contribution in [-0.2, 0) is 0 Å². The largest absolute Gasteiger partial charge is 0.491 e. The van der Waals surface area contributed by atoms with Gasteiger partial charge in [0.05, 0.1) is 6.10 Å². The molecule has 130 valence electrons. The topological polar surface area (TPSA) is 67.3 Å². The van der Waals surface area contributed by atoms with Crippen LogP contribution in [-0.4, -0.2) is 33.8 Å². The predicted octanol–water partition coefficient (Wildman–Crippen LogP) is 4.12. The number of nitrogens with zero attached hydrogens (tertiary/aromatic N) is 2. The van der Waals surface area contributed by atoms with E-state index in [0.717, 1.165) is 26.5 Å². The first-order valence-electron chi connectivity index (χ1n) is 7.85. The molecule has 7 heteroatoms. The molecule has 0 amide bonds. The average Bonchev–Trinajstić information content (AvgIpc) is 3.07. The smallest absolute Gasteiger partial charge is 0.210 e. The molecule has 2 N–H and O–H groups in total. The highest BCUT2D eigenvalue weighted by molar-refractivity contribution is 8.01. The second-order valence-corrected chi connectivity index (χ2v) is 7.65. The third-order valence-electron chi connectivity index (χ3n) is 3.36. The fourth-order valence-electron chi connectivity index (χ4n) is 2.08. The summed E-state index contributed by atoms with van der Waals surface area (Å²) in [6, 6.07) is 17.6. The van der Waals surface area contributed by atoms with Gasteiger partial charge in [-0.05, 0) is 30.7 Å². The van der Waals surface area contributed by atoms with Crippen molar-refractivity contribution < 1.29 is 9.84 Å². The number of hydrogen-bond donors (Lipinski definition) is 2. The lowest BCUT2D eigenvalue weighted by atomic mass is 10.2. The molecule has 0 aliphatic carbocycles. The van der Waals surface area contributed by atoms with Gasteiger partial charge in [-0.1, -0.05) is 59.5 Å². The Morgan fingerprint density at radius 3 is 2.68 bits per heavy atom. The van der Waals surface area contributed by atoms with Crippen molar-refractivity contribution >= 4 is 33.9 Å². The normalized spacial score (nSPS) is 11.9. The second-order valence-electron chi connectivity index (χ2n) is 5.41. The van der Waals surface area contributed by atoms with Crippen molar-refractivity contribution in [1.82, 2.24) is 10.2 Å². The molecule has 0 saturated heterocycles. The molecule has 0 unspecified atom stereocenters. The highest BCUT2D eigenvalue weighted by atomic mass is 32.2. The zero-order valence-electron chi connectivity index (χ0n) is 13.8. The second kappa shape index (κ2) is 8.84. The van der Waals surface area contributed by atoms with Crippen molar-refractivity contribution in [1.29, 1.82) is 0 Å². The molecule has 0 bridgehead atoms. The summed E-state index contributed by atoms with van der Waals surface area (Å²) in [6.07, 6.45) is -0.570. The van der Waals surface area contributed by atoms with Crippen molar-refractivity contribution in [2.75, 3.05) is 17.7 Å². The maximum Gasteiger partial charge on any atom is 0.210 e. The van der Waals surface area contributed by atoms with Crippen molar-refractivity contribution in [3.63, 3.8) is 0 Å². The average molecular weight is 374 g/mol. The van der Waals surface area contributed by atoms with E-state index in [1.807, 2.05) is 61.5 Å². The SMILES string of the molecule is Cc1ccccc1OC[C@@H](O)CSc1nnc(Nc2ccccc2)s1. The zero-order valence-corrected chi connectivity index (χ0v) is 15.4. The minimum absolute atomic E-state index is 0.256. The van der Waals surface area contributed by atoms with Crippen LogP contribution in [0.2, 0.25) is 0 Å². The molecule has 5 nitrogen and oxygen atoms in total. The molecule has 1 heterocycles. The van der Waals surface area contributed by atoms with E-state index < -0.39 is 6.10 Å². The molecule has 0 saturated carbocycles. The number of aliphatic hydroxyl groups excluding tert-OH is 1. The third-order valence-corrected chi connectivity index (χ3v) is 5.47. The van der Waals surface area contributed by atoms with Gasteiger partial charge in [-0.25, -0.2) is 0 Å². The van der Waals surface area contributed by atoms with Gasteiger partial charge >= 0.3 is 0 Å². The Hall–Kier alpha value is -2.09. The number of benzene rings is 2. The zero-order chi connectivity index (χ0) is 17.5. The van der Waals surface area contributed by atoms with E-state index in [1.54, 1.807) is 0 Å². The van der Waals surface area contributed by atoms with Gasteiger partial charge in [-0.2, -0.15) is 0 Å². The lowest BCUT2D eigenvalue weighted by Gasteiger charge is -2.12. The van der Waals surface area contributed by atoms with Crippen molar-refractivity contribution in [3.05, 3.63) is 60.2 Å². The summed E-state index contributed by atoms with van der Waals surface area (Å²) in [6.45, 7) is 2.24. The van der Waals surface area contributed by atoms with Gasteiger partial charge in [0.15, 0.2) is 4.34 Å². The minimum Gasteiger partial charge on any atom is -0.491 e. The number of aromatic nitrogens is 2. The maximum atomic E-state index is 10.1. The number of nitrogens with one attached hydrogen (secondary N) is 1. The summed E-state index contributed by atoms with van der Waals surface area (Å²) in [5, 5.41) is 22.3. The summed E-state index contributed by atoms with van der Waals surface area (Å²) < 4.78 is 6.48. The standard InChI is InChI=1S/C18H19N3O2S2/c1-13-7-5-6-10-16(13)23-11-15(22)12-24-18-21-20-17(25-18)19-14-8-3-2-4-9-14/h2-10,15,22H,11-12H2,1H3,(H,19,20)/t15-/m1/s1. The molecule has 1 aromatic heterocycles. The number of hydrogen-bond acceptors (Lipinski definition) is 7. The van der Waals surface area contributed by atoms with Gasteiger partial charge in [0, 0.05) is 11.4 Å². The quantitative estimate of drug-likeness (QED) is 0.579. The maximum absolute atomic E-state index is 10.1. The van der Waals surface area contributed by atoms with Gasteiger partial charge in [0.2, 0.25) is 5.13 Å². The van der Waals surface area contributed by atoms with E-state index in [-0.39, 0.29) is 6.61 Å². The van der Waals surface area contributed by atoms with Crippen molar-refractivity contribution in [2.24, 2.45) is 0 Å². The monoisotopic (exact) mass is 373 g/mol. The van der Waals surface area contributed by atoms with Gasteiger partial charge in [-0.15, -0.1) is 10.2 Å². The van der Waals surface area contributed by atoms with Crippen LogP contribution >= 0.6 is 23.1 Å². The molecular weight excluding hydrogens is 354 g/mol. The summed E-state index contributed by atoms with van der Waals surface area (Å²) >= 11 is 2.94. The summed E-state index contributed by atoms with van der Waals surface area (Å²) in [5.74, 6) is 1.31. The van der Waals surface area contributed by atoms with Gasteiger partial charge in [0.1, 0.15) is 12.4 Å². The lowest BCUT2D eigenvalue weighted by Crippen LogP contribution is -2.20. The number of para-hydroxylation sites is 2. The molecule has 0 fully saturated rings. The van der Waals surface area contributed by atoms with E-state index >= 15 is 0 Å². The first kappa shape index (κ1) is 17.7. The Bertz CT molecular complexity index is 796. The highest BCUT2D eigenvalue weighted by Crippen LogP contribution is 2.28. The van der Waals surface area contributed by atoms with Crippen LogP contribution in [0.15, 0.2) is 58.9 Å². The summed E-state index contributed by atoms with van der Waals surface area (Å²) in [5.41, 5.74) is 2.03. The van der Waals surface area contributed by atoms with E-state index in [4.69, 9.17) is 4.74 Å². The number of ether oxygens (including phenoxy) is 1. The van der Waals surface area contributed by atoms with E-state index in [2.05, 4.69) is 15.5 Å². The van der Waals surface area contributed by atoms with Crippen LogP contribution in [0.1, 0.15) is 5.56 Å². The van der Waals surface area contributed by atoms with Crippen LogP contribution in [0.25, 0.3) is 0 Å². The first-order valence-corrected chi connectivity index (χ1v) is 9.66. The molecule has 3 rings (SSSR count). The summed E-state index contributed by atoms with van der Waals surface area (Å²) in [7, 11) is 0. The molecule has 1 atom stereocenters. The van der Waals surface area contributed by atoms with Gasteiger partial charge in [0.25, 0.3) is 0 Å². The van der Waals surface area contributed by atoms with Crippen LogP contribution in [0, 0.1) is 6.92 Å². The highest BCUT2D eigenvalue weighted by Gasteiger charge is 2.11. The summed E-state index contributed by atoms with van der Waals surface area (Å²) in [4.78, 5) is 0. The van der Waals surface area contributed by atoms with E-state index in [0.29, 0.717) is 5.75 Å². The van der Waals surface area contributed by atoms with Gasteiger partial charge < -0.3 is 15.2 Å². The minimum atomic E-state index is -0.570. The van der Waals surface area contributed by atoms with Crippen LogP contribution in [0.5, 0.6) is 5.75 Å². The molecule has 3 aromatic rings. The molecule has 25 heavy (non-hydrogen) atoms. The van der Waals surface area contributed by atoms with Crippen LogP contribution < -0.4 is 10.1 Å². The number of aliphatic hydroxyl groups is 1. The Labute approximate surface area is 155 Å². The first-order chi connectivity index (χ1) is 12.2. The Balaban J connectivity index is 1.45.